The number of nitrogens with two attached hydrogens (primary N) is 1. The summed E-state index contributed by atoms with van der Waals surface area (Å²) >= 11 is 0. The van der Waals surface area contributed by atoms with Gasteiger partial charge in [-0.25, -0.2) is 0 Å². The lowest BCUT2D eigenvalue weighted by molar-refractivity contribution is -0.385. The molecule has 0 saturated carbocycles. The van der Waals surface area contributed by atoms with Crippen molar-refractivity contribution in [2.45, 2.75) is 26.8 Å². The van der Waals surface area contributed by atoms with Crippen LogP contribution in [0.15, 0.2) is 24.4 Å². The molecule has 100 valence electrons. The lowest BCUT2D eigenvalue weighted by Gasteiger charge is -2.01. The van der Waals surface area contributed by atoms with Crippen molar-refractivity contribution < 1.29 is 4.92 Å². The third kappa shape index (κ3) is 2.57. The second-order valence-corrected chi connectivity index (χ2v) is 4.45. The van der Waals surface area contributed by atoms with Crippen molar-refractivity contribution in [3.05, 3.63) is 40.1 Å². The van der Waals surface area contributed by atoms with Crippen molar-refractivity contribution in [3.63, 3.8) is 0 Å². The number of nitro benzene ring substituents is 1. The summed E-state index contributed by atoms with van der Waals surface area (Å²) in [6.45, 7) is 4.54. The van der Waals surface area contributed by atoms with Crippen LogP contribution in [0.1, 0.15) is 18.9 Å². The number of aromatic nitrogens is 2. The number of nitrogen functional groups attached to an aromatic ring is 1. The smallest absolute Gasteiger partial charge is 0.272 e. The fourth-order valence-electron chi connectivity index (χ4n) is 1.96. The molecule has 0 bridgehead atoms. The maximum absolute atomic E-state index is 10.9. The molecule has 0 atom stereocenters. The minimum atomic E-state index is -0.391. The summed E-state index contributed by atoms with van der Waals surface area (Å²) in [7, 11) is 0. The second kappa shape index (κ2) is 5.09. The molecule has 0 radical (unpaired) electrons. The lowest BCUT2D eigenvalue weighted by Crippen LogP contribution is -1.97. The molecular formula is C13H16N4O2. The van der Waals surface area contributed by atoms with Gasteiger partial charge in [0.05, 0.1) is 10.6 Å². The molecule has 0 aliphatic rings. The molecule has 0 spiro atoms. The van der Waals surface area contributed by atoms with Crippen molar-refractivity contribution in [3.8, 4) is 11.3 Å². The van der Waals surface area contributed by atoms with Gasteiger partial charge in [-0.2, -0.15) is 5.10 Å². The first-order chi connectivity index (χ1) is 9.02. The van der Waals surface area contributed by atoms with E-state index in [1.54, 1.807) is 29.9 Å². The monoisotopic (exact) mass is 260 g/mol. The predicted molar refractivity (Wildman–Crippen MR) is 73.8 cm³/mol. The Labute approximate surface area is 111 Å². The Kier molecular flexibility index (Phi) is 3.50. The Morgan fingerprint density at radius 2 is 2.21 bits per heavy atom. The van der Waals surface area contributed by atoms with E-state index in [2.05, 4.69) is 5.10 Å². The molecule has 6 nitrogen and oxygen atoms in total. The molecule has 2 N–H and O–H groups in total. The molecule has 2 aromatic rings. The van der Waals surface area contributed by atoms with Crippen molar-refractivity contribution in [2.24, 2.45) is 0 Å². The van der Waals surface area contributed by atoms with E-state index in [0.29, 0.717) is 22.5 Å². The van der Waals surface area contributed by atoms with Gasteiger partial charge in [-0.05, 0) is 13.3 Å². The van der Waals surface area contributed by atoms with E-state index in [1.165, 1.54) is 6.07 Å². The van der Waals surface area contributed by atoms with Crippen LogP contribution in [-0.4, -0.2) is 14.7 Å². The molecule has 0 unspecified atom stereocenters. The van der Waals surface area contributed by atoms with E-state index >= 15 is 0 Å². The van der Waals surface area contributed by atoms with Gasteiger partial charge >= 0.3 is 0 Å². The summed E-state index contributed by atoms with van der Waals surface area (Å²) in [5.41, 5.74) is 8.42. The first-order valence-electron chi connectivity index (χ1n) is 6.11. The Morgan fingerprint density at radius 3 is 2.84 bits per heavy atom. The minimum Gasteiger partial charge on any atom is -0.396 e. The molecule has 0 aliphatic heterocycles. The van der Waals surface area contributed by atoms with Gasteiger partial charge in [0.15, 0.2) is 0 Å². The van der Waals surface area contributed by atoms with E-state index in [1.807, 2.05) is 6.92 Å². The van der Waals surface area contributed by atoms with E-state index < -0.39 is 4.92 Å². The standard InChI is InChI=1S/C13H16N4O2/c1-3-6-16-8-11(14)13(15-16)10-5-4-9(2)12(7-10)17(18)19/h4-5,7-8H,3,6,14H2,1-2H3. The number of rotatable bonds is 4. The molecule has 0 aliphatic carbocycles. The predicted octanol–water partition coefficient (Wildman–Crippen LogP) is 2.76. The van der Waals surface area contributed by atoms with Gasteiger partial charge in [0.1, 0.15) is 5.69 Å². The van der Waals surface area contributed by atoms with Crippen molar-refractivity contribution in [1.82, 2.24) is 9.78 Å². The van der Waals surface area contributed by atoms with E-state index in [-0.39, 0.29) is 5.69 Å². The number of benzene rings is 1. The first kappa shape index (κ1) is 13.1. The summed E-state index contributed by atoms with van der Waals surface area (Å²) in [6.07, 6.45) is 2.71. The highest BCUT2D eigenvalue weighted by Gasteiger charge is 2.15. The fourth-order valence-corrected chi connectivity index (χ4v) is 1.96. The summed E-state index contributed by atoms with van der Waals surface area (Å²) in [4.78, 5) is 10.6. The van der Waals surface area contributed by atoms with Gasteiger partial charge in [0.2, 0.25) is 0 Å². The number of nitrogens with zero attached hydrogens (tertiary/aromatic N) is 3. The SMILES string of the molecule is CCCn1cc(N)c(-c2ccc(C)c([N+](=O)[O-])c2)n1. The normalized spacial score (nSPS) is 10.6. The van der Waals surface area contributed by atoms with Crippen LogP contribution < -0.4 is 5.73 Å². The zero-order chi connectivity index (χ0) is 14.0. The number of anilines is 1. The van der Waals surface area contributed by atoms with E-state index in [9.17, 15) is 10.1 Å². The fraction of sp³-hybridized carbons (Fsp3) is 0.308. The lowest BCUT2D eigenvalue weighted by atomic mass is 10.1. The van der Waals surface area contributed by atoms with Gasteiger partial charge < -0.3 is 5.73 Å². The van der Waals surface area contributed by atoms with Crippen molar-refractivity contribution >= 4 is 11.4 Å². The molecule has 1 aromatic carbocycles. The topological polar surface area (TPSA) is 87.0 Å². The van der Waals surface area contributed by atoms with Crippen LogP contribution in [0.25, 0.3) is 11.3 Å². The number of aryl methyl sites for hydroxylation is 2. The Bertz CT molecular complexity index is 619. The van der Waals surface area contributed by atoms with Gasteiger partial charge in [0.25, 0.3) is 5.69 Å². The Morgan fingerprint density at radius 1 is 1.47 bits per heavy atom. The van der Waals surface area contributed by atoms with Crippen molar-refractivity contribution in [1.29, 1.82) is 0 Å². The van der Waals surface area contributed by atoms with Crippen LogP contribution >= 0.6 is 0 Å². The molecule has 0 amide bonds. The largest absolute Gasteiger partial charge is 0.396 e. The zero-order valence-corrected chi connectivity index (χ0v) is 11.0. The van der Waals surface area contributed by atoms with Gasteiger partial charge in [0, 0.05) is 29.9 Å². The summed E-state index contributed by atoms with van der Waals surface area (Å²) in [5.74, 6) is 0. The number of nitro groups is 1. The van der Waals surface area contributed by atoms with Crippen LogP contribution in [0.5, 0.6) is 0 Å². The van der Waals surface area contributed by atoms with Gasteiger partial charge in [-0.15, -0.1) is 0 Å². The van der Waals surface area contributed by atoms with Crippen molar-refractivity contribution in [2.75, 3.05) is 5.73 Å². The maximum atomic E-state index is 10.9. The van der Waals surface area contributed by atoms with Gasteiger partial charge in [-0.3, -0.25) is 14.8 Å². The number of hydrogen-bond acceptors (Lipinski definition) is 4. The summed E-state index contributed by atoms with van der Waals surface area (Å²) < 4.78 is 1.76. The van der Waals surface area contributed by atoms with Crippen LogP contribution in [-0.2, 0) is 6.54 Å². The maximum Gasteiger partial charge on any atom is 0.272 e. The van der Waals surface area contributed by atoms with Crippen LogP contribution in [0.4, 0.5) is 11.4 Å². The third-order valence-electron chi connectivity index (χ3n) is 2.92. The molecule has 19 heavy (non-hydrogen) atoms. The van der Waals surface area contributed by atoms with E-state index in [4.69, 9.17) is 5.73 Å². The van der Waals surface area contributed by atoms with Crippen LogP contribution in [0.2, 0.25) is 0 Å². The highest BCUT2D eigenvalue weighted by Crippen LogP contribution is 2.29. The highest BCUT2D eigenvalue weighted by molar-refractivity contribution is 5.74. The molecule has 1 aromatic heterocycles. The first-order valence-corrected chi connectivity index (χ1v) is 6.11. The van der Waals surface area contributed by atoms with Gasteiger partial charge in [-0.1, -0.05) is 19.1 Å². The minimum absolute atomic E-state index is 0.0851. The van der Waals surface area contributed by atoms with E-state index in [0.717, 1.165) is 13.0 Å². The molecular weight excluding hydrogens is 244 g/mol. The van der Waals surface area contributed by atoms with Crippen LogP contribution in [0.3, 0.4) is 0 Å². The number of hydrogen-bond donors (Lipinski definition) is 1. The van der Waals surface area contributed by atoms with Crippen LogP contribution in [0, 0.1) is 17.0 Å². The molecule has 0 fully saturated rings. The Balaban J connectivity index is 2.47. The summed E-state index contributed by atoms with van der Waals surface area (Å²) in [5, 5.41) is 15.3. The average molecular weight is 260 g/mol. The third-order valence-corrected chi connectivity index (χ3v) is 2.92. The quantitative estimate of drug-likeness (QED) is 0.676. The zero-order valence-electron chi connectivity index (χ0n) is 11.0. The molecule has 0 saturated heterocycles. The average Bonchev–Trinajstić information content (AvgIpc) is 2.71. The highest BCUT2D eigenvalue weighted by atomic mass is 16.6. The summed E-state index contributed by atoms with van der Waals surface area (Å²) in [6, 6.07) is 5.04. The molecule has 2 rings (SSSR count). The second-order valence-electron chi connectivity index (χ2n) is 4.45. The Hall–Kier alpha value is -2.37. The molecule has 6 heteroatoms. The molecule has 1 heterocycles.